The second kappa shape index (κ2) is 20.7. The molecule has 0 saturated carbocycles. The van der Waals surface area contributed by atoms with Crippen molar-refractivity contribution in [3.63, 3.8) is 0 Å². The van der Waals surface area contributed by atoms with Crippen molar-refractivity contribution < 1.29 is 59.6 Å². The smallest absolute Gasteiger partial charge is 0.249 e. The molecule has 1 heterocycles. The molecule has 15 heteroatoms. The summed E-state index contributed by atoms with van der Waals surface area (Å²) in [4.78, 5) is 38.5. The van der Waals surface area contributed by atoms with Crippen molar-refractivity contribution in [3.8, 4) is 0 Å². The number of aliphatic hydroxyl groups excluding tert-OH is 7. The Hall–Kier alpha value is -2.21. The third kappa shape index (κ3) is 12.7. The molecule has 15 nitrogen and oxygen atoms in total. The van der Waals surface area contributed by atoms with E-state index in [1.807, 2.05) is 0 Å². The van der Waals surface area contributed by atoms with Crippen LogP contribution >= 0.6 is 0 Å². The van der Waals surface area contributed by atoms with Crippen molar-refractivity contribution in [2.24, 2.45) is 5.92 Å². The Balaban J connectivity index is 2.63. The number of aliphatic hydroxyl groups is 7. The van der Waals surface area contributed by atoms with Gasteiger partial charge in [0.2, 0.25) is 17.7 Å². The number of hydrogen-bond donors (Lipinski definition) is 9. The first kappa shape index (κ1) is 39.8. The zero-order valence-corrected chi connectivity index (χ0v) is 26.0. The summed E-state index contributed by atoms with van der Waals surface area (Å²) < 4.78 is 10.8. The van der Waals surface area contributed by atoms with Crippen molar-refractivity contribution >= 4 is 17.7 Å². The first-order valence-electron chi connectivity index (χ1n) is 15.2. The van der Waals surface area contributed by atoms with E-state index in [9.17, 15) is 50.1 Å². The molecule has 1 aliphatic heterocycles. The normalized spacial score (nSPS) is 24.5. The van der Waals surface area contributed by atoms with Gasteiger partial charge in [-0.2, -0.15) is 0 Å². The molecule has 44 heavy (non-hydrogen) atoms. The van der Waals surface area contributed by atoms with Crippen molar-refractivity contribution in [2.75, 3.05) is 39.4 Å². The lowest BCUT2D eigenvalue weighted by Crippen LogP contribution is -2.61. The van der Waals surface area contributed by atoms with Crippen molar-refractivity contribution in [1.29, 1.82) is 0 Å². The molecule has 0 aromatic rings. The topological polar surface area (TPSA) is 239 Å². The van der Waals surface area contributed by atoms with Crippen LogP contribution in [-0.2, 0) is 23.9 Å². The molecule has 6 unspecified atom stereocenters. The molecule has 1 fully saturated rings. The second-order valence-corrected chi connectivity index (χ2v) is 11.2. The maximum absolute atomic E-state index is 12.7. The SMILES string of the molecule is C=C(CCCCCCC)C(=O)NCCN(CCNC(=O)C(O)C(C)C(O[C@@H]1OC(CO)[C@H](O)[C@H](O)C1O)C(O)CO)C(C)=O. The first-order chi connectivity index (χ1) is 20.8. The van der Waals surface area contributed by atoms with Gasteiger partial charge in [0, 0.05) is 44.6 Å². The van der Waals surface area contributed by atoms with Crippen LogP contribution < -0.4 is 10.6 Å². The highest BCUT2D eigenvalue weighted by atomic mass is 16.7. The van der Waals surface area contributed by atoms with Gasteiger partial charge in [-0.05, 0) is 12.8 Å². The number of nitrogens with zero attached hydrogens (tertiary/aromatic N) is 1. The Morgan fingerprint density at radius 3 is 2.14 bits per heavy atom. The molecule has 9 N–H and O–H groups in total. The number of rotatable bonds is 21. The summed E-state index contributed by atoms with van der Waals surface area (Å²) in [6.07, 6.45) is -7.21. The molecule has 256 valence electrons. The van der Waals surface area contributed by atoms with Gasteiger partial charge < -0.3 is 60.8 Å². The van der Waals surface area contributed by atoms with Crippen LogP contribution in [0.15, 0.2) is 12.2 Å². The maximum Gasteiger partial charge on any atom is 0.249 e. The molecule has 1 aliphatic rings. The van der Waals surface area contributed by atoms with E-state index in [1.165, 1.54) is 18.7 Å². The second-order valence-electron chi connectivity index (χ2n) is 11.2. The fraction of sp³-hybridized carbons (Fsp3) is 0.828. The van der Waals surface area contributed by atoms with Crippen molar-refractivity contribution in [2.45, 2.75) is 108 Å². The molecule has 0 bridgehead atoms. The Labute approximate surface area is 258 Å². The van der Waals surface area contributed by atoms with Crippen LogP contribution in [0.25, 0.3) is 0 Å². The molecule has 0 spiro atoms. The summed E-state index contributed by atoms with van der Waals surface area (Å²) in [6.45, 7) is 7.43. The van der Waals surface area contributed by atoms with Crippen molar-refractivity contribution in [3.05, 3.63) is 12.2 Å². The average Bonchev–Trinajstić information content (AvgIpc) is 3.00. The summed E-state index contributed by atoms with van der Waals surface area (Å²) in [5.74, 6) is -2.64. The van der Waals surface area contributed by atoms with Crippen LogP contribution in [0.5, 0.6) is 0 Å². The highest BCUT2D eigenvalue weighted by Crippen LogP contribution is 2.26. The van der Waals surface area contributed by atoms with Gasteiger partial charge in [0.1, 0.15) is 36.6 Å². The fourth-order valence-electron chi connectivity index (χ4n) is 4.75. The van der Waals surface area contributed by atoms with Crippen LogP contribution in [0.1, 0.15) is 59.3 Å². The lowest BCUT2D eigenvalue weighted by Gasteiger charge is -2.42. The van der Waals surface area contributed by atoms with Gasteiger partial charge in [0.25, 0.3) is 0 Å². The summed E-state index contributed by atoms with van der Waals surface area (Å²) in [7, 11) is 0. The van der Waals surface area contributed by atoms with E-state index in [-0.39, 0.29) is 38.0 Å². The van der Waals surface area contributed by atoms with Gasteiger partial charge >= 0.3 is 0 Å². The van der Waals surface area contributed by atoms with Gasteiger partial charge in [-0.3, -0.25) is 14.4 Å². The molecule has 0 radical (unpaired) electrons. The standard InChI is InChI=1S/C29H53N3O12/c1-5-6-7-8-9-10-17(2)27(41)30-11-13-32(19(4)35)14-12-31-28(42)22(37)18(3)26(20(36)15-33)44-29-25(40)24(39)23(38)21(16-34)43-29/h18,20-26,29,33-34,36-40H,2,5-16H2,1,3-4H3,(H,30,41)(H,31,42)/t18?,20?,21?,22?,23-,24-,25?,26?,29-/m0/s1. The van der Waals surface area contributed by atoms with E-state index in [2.05, 4.69) is 24.1 Å². The van der Waals surface area contributed by atoms with Gasteiger partial charge in [0.15, 0.2) is 6.29 Å². The molecule has 0 aromatic heterocycles. The van der Waals surface area contributed by atoms with Gasteiger partial charge in [0.05, 0.1) is 19.3 Å². The van der Waals surface area contributed by atoms with E-state index in [4.69, 9.17) is 9.47 Å². The van der Waals surface area contributed by atoms with Crippen LogP contribution in [0.2, 0.25) is 0 Å². The number of hydrogen-bond acceptors (Lipinski definition) is 12. The van der Waals surface area contributed by atoms with E-state index in [0.29, 0.717) is 12.0 Å². The molecule has 0 aliphatic carbocycles. The minimum absolute atomic E-state index is 0.0542. The minimum atomic E-state index is -1.81. The van der Waals surface area contributed by atoms with Gasteiger partial charge in [-0.15, -0.1) is 0 Å². The quantitative estimate of drug-likeness (QED) is 0.0471. The monoisotopic (exact) mass is 635 g/mol. The number of ether oxygens (including phenoxy) is 2. The van der Waals surface area contributed by atoms with E-state index < -0.39 is 74.1 Å². The van der Waals surface area contributed by atoms with Crippen LogP contribution in [-0.4, -0.2) is 147 Å². The summed E-state index contributed by atoms with van der Waals surface area (Å²) in [5.41, 5.74) is 0.478. The molecular formula is C29H53N3O12. The summed E-state index contributed by atoms with van der Waals surface area (Å²) >= 11 is 0. The van der Waals surface area contributed by atoms with E-state index in [0.717, 1.165) is 32.1 Å². The Morgan fingerprint density at radius 1 is 0.955 bits per heavy atom. The van der Waals surface area contributed by atoms with Gasteiger partial charge in [-0.1, -0.05) is 46.1 Å². The summed E-state index contributed by atoms with van der Waals surface area (Å²) in [5, 5.41) is 75.3. The number of carbonyl (C=O) groups excluding carboxylic acids is 3. The Kier molecular flexibility index (Phi) is 18.8. The summed E-state index contributed by atoms with van der Waals surface area (Å²) in [6, 6.07) is 0. The van der Waals surface area contributed by atoms with Crippen LogP contribution in [0, 0.1) is 5.92 Å². The van der Waals surface area contributed by atoms with Crippen LogP contribution in [0.4, 0.5) is 0 Å². The van der Waals surface area contributed by atoms with E-state index >= 15 is 0 Å². The van der Waals surface area contributed by atoms with E-state index in [1.54, 1.807) is 0 Å². The fourth-order valence-corrected chi connectivity index (χ4v) is 4.75. The lowest BCUT2D eigenvalue weighted by atomic mass is 9.92. The maximum atomic E-state index is 12.7. The van der Waals surface area contributed by atoms with Crippen molar-refractivity contribution in [1.82, 2.24) is 15.5 Å². The Bertz CT molecular complexity index is 892. The largest absolute Gasteiger partial charge is 0.394 e. The number of nitrogens with one attached hydrogen (secondary N) is 2. The highest BCUT2D eigenvalue weighted by Gasteiger charge is 2.46. The number of amides is 3. The minimum Gasteiger partial charge on any atom is -0.394 e. The predicted molar refractivity (Wildman–Crippen MR) is 158 cm³/mol. The molecule has 3 amide bonds. The third-order valence-electron chi connectivity index (χ3n) is 7.69. The van der Waals surface area contributed by atoms with Gasteiger partial charge in [-0.25, -0.2) is 0 Å². The molecule has 0 aromatic carbocycles. The molecular weight excluding hydrogens is 582 g/mol. The average molecular weight is 636 g/mol. The number of unbranched alkanes of at least 4 members (excludes halogenated alkanes) is 4. The molecule has 9 atom stereocenters. The Morgan fingerprint density at radius 2 is 1.57 bits per heavy atom. The predicted octanol–water partition coefficient (Wildman–Crippen LogP) is -2.48. The lowest BCUT2D eigenvalue weighted by molar-refractivity contribution is -0.323. The highest BCUT2D eigenvalue weighted by molar-refractivity contribution is 5.92. The first-order valence-corrected chi connectivity index (χ1v) is 15.2. The molecule has 1 saturated heterocycles. The zero-order valence-electron chi connectivity index (χ0n) is 26.0. The number of carbonyl (C=O) groups is 3. The molecule has 1 rings (SSSR count). The third-order valence-corrected chi connectivity index (χ3v) is 7.69. The zero-order chi connectivity index (χ0) is 33.4. The van der Waals surface area contributed by atoms with Crippen LogP contribution in [0.3, 0.4) is 0 Å².